The smallest absolute Gasteiger partial charge is 0.0799 e. The van der Waals surface area contributed by atoms with Gasteiger partial charge in [-0.2, -0.15) is 5.10 Å². The molecule has 78 valence electrons. The van der Waals surface area contributed by atoms with Crippen LogP contribution >= 0.6 is 0 Å². The number of aromatic nitrogens is 2. The Hall–Kier alpha value is -0.870. The molecule has 14 heavy (non-hydrogen) atoms. The molecule has 0 atom stereocenters. The van der Waals surface area contributed by atoms with Gasteiger partial charge < -0.3 is 10.6 Å². The molecule has 0 unspecified atom stereocenters. The Morgan fingerprint density at radius 2 is 2.21 bits per heavy atom. The van der Waals surface area contributed by atoms with E-state index in [1.54, 1.807) is 0 Å². The van der Waals surface area contributed by atoms with E-state index in [-0.39, 0.29) is 0 Å². The maximum absolute atomic E-state index is 5.60. The predicted molar refractivity (Wildman–Crippen MR) is 56.0 cm³/mol. The fraction of sp³-hybridized carbons (Fsp3) is 0.700. The Bertz CT molecular complexity index is 329. The minimum Gasteiger partial charge on any atom is -0.330 e. The summed E-state index contributed by atoms with van der Waals surface area (Å²) in [5.41, 5.74) is 9.61. The molecule has 2 heterocycles. The van der Waals surface area contributed by atoms with Crippen molar-refractivity contribution in [3.05, 3.63) is 17.0 Å². The minimum atomic E-state index is 0.710. The van der Waals surface area contributed by atoms with Crippen molar-refractivity contribution in [3.8, 4) is 0 Å². The minimum absolute atomic E-state index is 0.710. The lowest BCUT2D eigenvalue weighted by molar-refractivity contribution is 0.308. The molecule has 0 saturated carbocycles. The third-order valence-corrected chi connectivity index (χ3v) is 2.90. The summed E-state index contributed by atoms with van der Waals surface area (Å²) in [5.74, 6) is 0. The number of aryl methyl sites for hydroxylation is 1. The number of nitrogens with zero attached hydrogens (tertiary/aromatic N) is 3. The molecular weight excluding hydrogens is 176 g/mol. The monoisotopic (exact) mass is 194 g/mol. The molecule has 1 aromatic rings. The molecule has 0 aromatic carbocycles. The van der Waals surface area contributed by atoms with E-state index in [2.05, 4.69) is 17.0 Å². The van der Waals surface area contributed by atoms with Crippen LogP contribution in [0.2, 0.25) is 0 Å². The summed E-state index contributed by atoms with van der Waals surface area (Å²) in [6, 6.07) is 0. The molecule has 4 nitrogen and oxygen atoms in total. The quantitative estimate of drug-likeness (QED) is 0.715. The summed E-state index contributed by atoms with van der Waals surface area (Å²) in [6.45, 7) is 2.83. The van der Waals surface area contributed by atoms with Crippen LogP contribution in [0.4, 0.5) is 0 Å². The lowest BCUT2D eigenvalue weighted by atomic mass is 10.0. The Kier molecular flexibility index (Phi) is 2.56. The van der Waals surface area contributed by atoms with E-state index < -0.39 is 0 Å². The zero-order chi connectivity index (χ0) is 10.1. The topological polar surface area (TPSA) is 47.1 Å². The molecule has 0 spiro atoms. The molecule has 0 radical (unpaired) electrons. The third kappa shape index (κ3) is 1.55. The summed E-state index contributed by atoms with van der Waals surface area (Å²) < 4.78 is 2.00. The highest BCUT2D eigenvalue weighted by molar-refractivity contribution is 5.28. The lowest BCUT2D eigenvalue weighted by Gasteiger charge is -2.21. The second kappa shape index (κ2) is 3.71. The van der Waals surface area contributed by atoms with Gasteiger partial charge in [0.1, 0.15) is 0 Å². The fourth-order valence-electron chi connectivity index (χ4n) is 2.17. The third-order valence-electron chi connectivity index (χ3n) is 2.90. The zero-order valence-corrected chi connectivity index (χ0v) is 8.95. The molecule has 1 aliphatic heterocycles. The van der Waals surface area contributed by atoms with Gasteiger partial charge in [-0.3, -0.25) is 4.68 Å². The van der Waals surface area contributed by atoms with Gasteiger partial charge in [0.2, 0.25) is 0 Å². The number of hydrogen-bond acceptors (Lipinski definition) is 3. The summed E-state index contributed by atoms with van der Waals surface area (Å²) in [5, 5.41) is 4.54. The number of fused-ring (bicyclic) bond motifs is 1. The van der Waals surface area contributed by atoms with E-state index in [1.165, 1.54) is 17.0 Å². The molecule has 4 heteroatoms. The van der Waals surface area contributed by atoms with Crippen molar-refractivity contribution in [1.29, 1.82) is 0 Å². The van der Waals surface area contributed by atoms with Crippen molar-refractivity contribution in [2.24, 2.45) is 12.8 Å². The standard InChI is InChI=1S/C10H18N4/c1-13-6-4-8-9(7-13)12-14(2)10(8)3-5-11/h3-7,11H2,1-2H3. The number of hydrogen-bond donors (Lipinski definition) is 1. The van der Waals surface area contributed by atoms with Crippen molar-refractivity contribution in [3.63, 3.8) is 0 Å². The van der Waals surface area contributed by atoms with Gasteiger partial charge >= 0.3 is 0 Å². The first-order valence-electron chi connectivity index (χ1n) is 5.14. The zero-order valence-electron chi connectivity index (χ0n) is 8.95. The van der Waals surface area contributed by atoms with Crippen LogP contribution in [-0.2, 0) is 26.4 Å². The van der Waals surface area contributed by atoms with Crippen LogP contribution in [-0.4, -0.2) is 34.8 Å². The van der Waals surface area contributed by atoms with Crippen molar-refractivity contribution in [2.45, 2.75) is 19.4 Å². The molecule has 1 aromatic heterocycles. The van der Waals surface area contributed by atoms with E-state index >= 15 is 0 Å². The lowest BCUT2D eigenvalue weighted by Crippen LogP contribution is -2.26. The normalized spacial score (nSPS) is 17.1. The Morgan fingerprint density at radius 3 is 2.93 bits per heavy atom. The van der Waals surface area contributed by atoms with Crippen LogP contribution in [0.3, 0.4) is 0 Å². The highest BCUT2D eigenvalue weighted by Crippen LogP contribution is 2.20. The fourth-order valence-corrected chi connectivity index (χ4v) is 2.17. The molecule has 0 aliphatic carbocycles. The maximum atomic E-state index is 5.60. The van der Waals surface area contributed by atoms with Gasteiger partial charge in [0.05, 0.1) is 5.69 Å². The average Bonchev–Trinajstić information content (AvgIpc) is 2.43. The molecule has 0 amide bonds. The van der Waals surface area contributed by atoms with Crippen LogP contribution in [0.25, 0.3) is 0 Å². The summed E-state index contributed by atoms with van der Waals surface area (Å²) >= 11 is 0. The highest BCUT2D eigenvalue weighted by atomic mass is 15.3. The van der Waals surface area contributed by atoms with Gasteiger partial charge in [0.25, 0.3) is 0 Å². The Balaban J connectivity index is 2.33. The van der Waals surface area contributed by atoms with Crippen LogP contribution in [0.5, 0.6) is 0 Å². The van der Waals surface area contributed by atoms with Crippen molar-refractivity contribution >= 4 is 0 Å². The molecule has 2 N–H and O–H groups in total. The largest absolute Gasteiger partial charge is 0.330 e. The highest BCUT2D eigenvalue weighted by Gasteiger charge is 2.20. The first kappa shape index (κ1) is 9.68. The number of rotatable bonds is 2. The van der Waals surface area contributed by atoms with E-state index in [1.807, 2.05) is 11.7 Å². The van der Waals surface area contributed by atoms with E-state index in [0.717, 1.165) is 25.9 Å². The van der Waals surface area contributed by atoms with E-state index in [0.29, 0.717) is 6.54 Å². The summed E-state index contributed by atoms with van der Waals surface area (Å²) in [7, 11) is 4.16. The molecule has 0 fully saturated rings. The van der Waals surface area contributed by atoms with Gasteiger partial charge in [-0.05, 0) is 25.6 Å². The Labute approximate surface area is 84.7 Å². The first-order valence-corrected chi connectivity index (χ1v) is 5.14. The second-order valence-corrected chi connectivity index (χ2v) is 4.02. The van der Waals surface area contributed by atoms with Crippen LogP contribution < -0.4 is 5.73 Å². The predicted octanol–water partition coefficient (Wildman–Crippen LogP) is -0.0908. The average molecular weight is 194 g/mol. The van der Waals surface area contributed by atoms with Crippen LogP contribution in [0.1, 0.15) is 17.0 Å². The SMILES string of the molecule is CN1CCc2c(nn(C)c2CCN)C1. The van der Waals surface area contributed by atoms with Crippen LogP contribution in [0.15, 0.2) is 0 Å². The van der Waals surface area contributed by atoms with Gasteiger partial charge in [-0.1, -0.05) is 0 Å². The van der Waals surface area contributed by atoms with E-state index in [4.69, 9.17) is 5.73 Å². The number of likely N-dealkylation sites (N-methyl/N-ethyl adjacent to an activating group) is 1. The first-order chi connectivity index (χ1) is 6.72. The maximum Gasteiger partial charge on any atom is 0.0799 e. The molecule has 0 bridgehead atoms. The molecule has 1 aliphatic rings. The van der Waals surface area contributed by atoms with E-state index in [9.17, 15) is 0 Å². The number of nitrogens with two attached hydrogens (primary N) is 1. The van der Waals surface area contributed by atoms with Crippen molar-refractivity contribution < 1.29 is 0 Å². The van der Waals surface area contributed by atoms with Crippen molar-refractivity contribution in [2.75, 3.05) is 20.1 Å². The second-order valence-electron chi connectivity index (χ2n) is 4.02. The van der Waals surface area contributed by atoms with Gasteiger partial charge in [-0.15, -0.1) is 0 Å². The Morgan fingerprint density at radius 1 is 1.43 bits per heavy atom. The summed E-state index contributed by atoms with van der Waals surface area (Å²) in [4.78, 5) is 2.31. The molecule has 0 saturated heterocycles. The van der Waals surface area contributed by atoms with Gasteiger partial charge in [-0.25, -0.2) is 0 Å². The van der Waals surface area contributed by atoms with Gasteiger partial charge in [0, 0.05) is 32.3 Å². The molecule has 2 rings (SSSR count). The van der Waals surface area contributed by atoms with Crippen molar-refractivity contribution in [1.82, 2.24) is 14.7 Å². The summed E-state index contributed by atoms with van der Waals surface area (Å²) in [6.07, 6.45) is 2.07. The van der Waals surface area contributed by atoms with Crippen LogP contribution in [0, 0.1) is 0 Å². The van der Waals surface area contributed by atoms with Gasteiger partial charge in [0.15, 0.2) is 0 Å². The molecular formula is C10H18N4.